The van der Waals surface area contributed by atoms with E-state index in [1.807, 2.05) is 6.21 Å². The lowest BCUT2D eigenvalue weighted by atomic mass is 9.96. The smallest absolute Gasteiger partial charge is 0.240 e. The van der Waals surface area contributed by atoms with Gasteiger partial charge in [-0.3, -0.25) is 4.99 Å². The Bertz CT molecular complexity index is 1160. The molecule has 3 aromatic rings. The molecule has 0 spiro atoms. The van der Waals surface area contributed by atoms with Crippen LogP contribution in [0.4, 0.5) is 5.69 Å². The average Bonchev–Trinajstić information content (AvgIpc) is 2.87. The SMILES string of the molecule is CCNS(=O)(=O)c1ccc(N=Cc2c(C)[nH]c3ccc4c(c23)CCCCC4)cc1. The van der Waals surface area contributed by atoms with Crippen LogP contribution in [0.3, 0.4) is 0 Å². The van der Waals surface area contributed by atoms with Gasteiger partial charge in [0.2, 0.25) is 10.0 Å². The number of hydrogen-bond acceptors (Lipinski definition) is 3. The molecule has 0 bridgehead atoms. The summed E-state index contributed by atoms with van der Waals surface area (Å²) in [4.78, 5) is 8.40. The van der Waals surface area contributed by atoms with E-state index in [4.69, 9.17) is 0 Å². The number of rotatable bonds is 5. The average molecular weight is 410 g/mol. The van der Waals surface area contributed by atoms with E-state index in [0.29, 0.717) is 6.54 Å². The molecular weight excluding hydrogens is 382 g/mol. The maximum Gasteiger partial charge on any atom is 0.240 e. The molecule has 0 saturated heterocycles. The molecule has 2 N–H and O–H groups in total. The van der Waals surface area contributed by atoms with Crippen LogP contribution in [0, 0.1) is 6.92 Å². The molecule has 1 aliphatic rings. The van der Waals surface area contributed by atoms with Gasteiger partial charge in [-0.2, -0.15) is 0 Å². The number of fused-ring (bicyclic) bond motifs is 3. The Kier molecular flexibility index (Phi) is 5.56. The number of H-pyrrole nitrogens is 1. The second-order valence-electron chi connectivity index (χ2n) is 7.60. The molecule has 0 unspecified atom stereocenters. The van der Waals surface area contributed by atoms with Crippen molar-refractivity contribution >= 4 is 32.8 Å². The number of aromatic amines is 1. The highest BCUT2D eigenvalue weighted by molar-refractivity contribution is 7.89. The molecular formula is C23H27N3O2S. The van der Waals surface area contributed by atoms with Crippen LogP contribution < -0.4 is 4.72 Å². The summed E-state index contributed by atoms with van der Waals surface area (Å²) in [6.45, 7) is 4.21. The standard InChI is InChI=1S/C23H27N3O2S/c1-3-25-29(27,28)19-12-10-18(11-13-19)24-15-21-16(2)26-22-14-9-17-7-5-4-6-8-20(17)23(21)22/h9-15,25-26H,3-8H2,1-2H3. The Morgan fingerprint density at radius 2 is 1.83 bits per heavy atom. The zero-order valence-corrected chi connectivity index (χ0v) is 17.8. The van der Waals surface area contributed by atoms with E-state index in [1.165, 1.54) is 35.8 Å². The quantitative estimate of drug-likeness (QED) is 0.469. The molecule has 0 atom stereocenters. The maximum absolute atomic E-state index is 12.1. The van der Waals surface area contributed by atoms with Crippen LogP contribution in [-0.4, -0.2) is 26.2 Å². The molecule has 0 amide bonds. The molecule has 0 fully saturated rings. The lowest BCUT2D eigenvalue weighted by Crippen LogP contribution is -2.22. The largest absolute Gasteiger partial charge is 0.358 e. The summed E-state index contributed by atoms with van der Waals surface area (Å²) in [5.41, 5.74) is 7.04. The van der Waals surface area contributed by atoms with Gasteiger partial charge < -0.3 is 4.98 Å². The first-order valence-electron chi connectivity index (χ1n) is 10.3. The highest BCUT2D eigenvalue weighted by Gasteiger charge is 2.16. The predicted molar refractivity (Wildman–Crippen MR) is 119 cm³/mol. The minimum Gasteiger partial charge on any atom is -0.358 e. The van der Waals surface area contributed by atoms with E-state index in [2.05, 4.69) is 33.8 Å². The zero-order chi connectivity index (χ0) is 20.4. The molecule has 4 rings (SSSR count). The number of nitrogens with zero attached hydrogens (tertiary/aromatic N) is 1. The third-order valence-electron chi connectivity index (χ3n) is 5.60. The van der Waals surface area contributed by atoms with Crippen molar-refractivity contribution in [1.29, 1.82) is 0 Å². The number of aryl methyl sites for hydroxylation is 3. The fourth-order valence-electron chi connectivity index (χ4n) is 4.16. The van der Waals surface area contributed by atoms with Crippen molar-refractivity contribution in [3.8, 4) is 0 Å². The number of nitrogens with one attached hydrogen (secondary N) is 2. The van der Waals surface area contributed by atoms with Gasteiger partial charge in [0.25, 0.3) is 0 Å². The fraction of sp³-hybridized carbons (Fsp3) is 0.348. The van der Waals surface area contributed by atoms with E-state index in [0.717, 1.165) is 35.3 Å². The van der Waals surface area contributed by atoms with Crippen molar-refractivity contribution in [2.45, 2.75) is 50.8 Å². The second-order valence-corrected chi connectivity index (χ2v) is 9.37. The summed E-state index contributed by atoms with van der Waals surface area (Å²) >= 11 is 0. The third-order valence-corrected chi connectivity index (χ3v) is 7.16. The molecule has 2 aromatic carbocycles. The highest BCUT2D eigenvalue weighted by Crippen LogP contribution is 2.32. The topological polar surface area (TPSA) is 74.3 Å². The fourth-order valence-corrected chi connectivity index (χ4v) is 5.20. The number of sulfonamides is 1. The van der Waals surface area contributed by atoms with Gasteiger partial charge in [0.05, 0.1) is 10.6 Å². The van der Waals surface area contributed by atoms with Gasteiger partial charge in [-0.05, 0) is 74.1 Å². The lowest BCUT2D eigenvalue weighted by Gasteiger charge is -2.08. The van der Waals surface area contributed by atoms with Crippen molar-refractivity contribution in [3.63, 3.8) is 0 Å². The summed E-state index contributed by atoms with van der Waals surface area (Å²) in [6, 6.07) is 11.1. The predicted octanol–water partition coefficient (Wildman–Crippen LogP) is 4.79. The number of aromatic nitrogens is 1. The Labute approximate surface area is 172 Å². The molecule has 1 heterocycles. The Morgan fingerprint density at radius 1 is 1.07 bits per heavy atom. The van der Waals surface area contributed by atoms with Gasteiger partial charge in [-0.25, -0.2) is 13.1 Å². The maximum atomic E-state index is 12.1. The normalized spacial score (nSPS) is 15.0. The molecule has 0 saturated carbocycles. The molecule has 29 heavy (non-hydrogen) atoms. The summed E-state index contributed by atoms with van der Waals surface area (Å²) < 4.78 is 26.7. The first-order valence-corrected chi connectivity index (χ1v) is 11.7. The molecule has 1 aliphatic carbocycles. The van der Waals surface area contributed by atoms with Crippen LogP contribution in [0.1, 0.15) is 48.6 Å². The van der Waals surface area contributed by atoms with Gasteiger partial charge in [-0.1, -0.05) is 19.4 Å². The number of hydrogen-bond donors (Lipinski definition) is 2. The number of aliphatic imine (C=N–C) groups is 1. The van der Waals surface area contributed by atoms with Crippen molar-refractivity contribution in [2.24, 2.45) is 4.99 Å². The minimum absolute atomic E-state index is 0.256. The van der Waals surface area contributed by atoms with E-state index >= 15 is 0 Å². The van der Waals surface area contributed by atoms with Gasteiger partial charge >= 0.3 is 0 Å². The van der Waals surface area contributed by atoms with Crippen molar-refractivity contribution < 1.29 is 8.42 Å². The van der Waals surface area contributed by atoms with Gasteiger partial charge in [-0.15, -0.1) is 0 Å². The zero-order valence-electron chi connectivity index (χ0n) is 17.0. The van der Waals surface area contributed by atoms with Crippen LogP contribution in [0.15, 0.2) is 46.3 Å². The van der Waals surface area contributed by atoms with E-state index in [-0.39, 0.29) is 4.90 Å². The molecule has 152 valence electrons. The molecule has 5 nitrogen and oxygen atoms in total. The minimum atomic E-state index is -3.44. The van der Waals surface area contributed by atoms with Crippen LogP contribution >= 0.6 is 0 Å². The van der Waals surface area contributed by atoms with E-state index in [1.54, 1.807) is 31.2 Å². The monoisotopic (exact) mass is 409 g/mol. The first kappa shape index (κ1) is 19.9. The Balaban J connectivity index is 1.69. The molecule has 0 radical (unpaired) electrons. The van der Waals surface area contributed by atoms with Gasteiger partial charge in [0, 0.05) is 34.9 Å². The molecule has 6 heteroatoms. The second kappa shape index (κ2) is 8.13. The lowest BCUT2D eigenvalue weighted by molar-refractivity contribution is 0.584. The van der Waals surface area contributed by atoms with Crippen LogP contribution in [0.5, 0.6) is 0 Å². The number of benzene rings is 2. The van der Waals surface area contributed by atoms with Crippen molar-refractivity contribution in [3.05, 3.63) is 58.8 Å². The summed E-state index contributed by atoms with van der Waals surface area (Å²) in [5.74, 6) is 0. The highest BCUT2D eigenvalue weighted by atomic mass is 32.2. The summed E-state index contributed by atoms with van der Waals surface area (Å²) in [5, 5.41) is 1.29. The summed E-state index contributed by atoms with van der Waals surface area (Å²) in [6.07, 6.45) is 7.94. The van der Waals surface area contributed by atoms with Crippen LogP contribution in [0.25, 0.3) is 10.9 Å². The van der Waals surface area contributed by atoms with Crippen LogP contribution in [-0.2, 0) is 22.9 Å². The van der Waals surface area contributed by atoms with Gasteiger partial charge in [0.1, 0.15) is 0 Å². The summed E-state index contributed by atoms with van der Waals surface area (Å²) in [7, 11) is -3.44. The Morgan fingerprint density at radius 3 is 2.59 bits per heavy atom. The van der Waals surface area contributed by atoms with Gasteiger partial charge in [0.15, 0.2) is 0 Å². The first-order chi connectivity index (χ1) is 14.0. The van der Waals surface area contributed by atoms with E-state index < -0.39 is 10.0 Å². The molecule has 0 aliphatic heterocycles. The third kappa shape index (κ3) is 4.00. The van der Waals surface area contributed by atoms with E-state index in [9.17, 15) is 8.42 Å². The Hall–Kier alpha value is -2.44. The van der Waals surface area contributed by atoms with Crippen molar-refractivity contribution in [1.82, 2.24) is 9.71 Å². The molecule has 1 aromatic heterocycles. The van der Waals surface area contributed by atoms with Crippen LogP contribution in [0.2, 0.25) is 0 Å². The van der Waals surface area contributed by atoms with Crippen molar-refractivity contribution in [2.75, 3.05) is 6.54 Å².